The molecule has 0 bridgehead atoms. The van der Waals surface area contributed by atoms with Gasteiger partial charge in [-0.25, -0.2) is 8.42 Å². The minimum Gasteiger partial charge on any atom is -0.467 e. The molecule has 20 heavy (non-hydrogen) atoms. The van der Waals surface area contributed by atoms with Crippen molar-refractivity contribution in [2.45, 2.75) is 31.2 Å². The van der Waals surface area contributed by atoms with Crippen LogP contribution in [0.2, 0.25) is 0 Å². The first kappa shape index (κ1) is 14.7. The molecule has 0 amide bonds. The molecule has 0 aliphatic heterocycles. The van der Waals surface area contributed by atoms with E-state index in [1.54, 1.807) is 31.4 Å². The molecule has 0 saturated heterocycles. The summed E-state index contributed by atoms with van der Waals surface area (Å²) >= 11 is 0. The van der Waals surface area contributed by atoms with Crippen molar-refractivity contribution in [3.8, 4) is 0 Å². The quantitative estimate of drug-likeness (QED) is 0.883. The van der Waals surface area contributed by atoms with E-state index in [4.69, 9.17) is 4.42 Å². The predicted octanol–water partition coefficient (Wildman–Crippen LogP) is 3.64. The third-order valence-electron chi connectivity index (χ3n) is 3.23. The number of para-hydroxylation sites is 1. The maximum atomic E-state index is 12.1. The average Bonchev–Trinajstić information content (AvgIpc) is 2.99. The Morgan fingerprint density at radius 3 is 2.50 bits per heavy atom. The van der Waals surface area contributed by atoms with Crippen molar-refractivity contribution in [1.29, 1.82) is 0 Å². The largest absolute Gasteiger partial charge is 0.467 e. The number of hydrogen-bond acceptors (Lipinski definition) is 4. The SMILES string of the molecule is CCC(Nc1ccccc1S(=O)(=O)CC)c1ccco1. The van der Waals surface area contributed by atoms with Crippen LogP contribution in [-0.4, -0.2) is 14.2 Å². The predicted molar refractivity (Wildman–Crippen MR) is 79.5 cm³/mol. The van der Waals surface area contributed by atoms with Crippen LogP contribution in [0, 0.1) is 0 Å². The lowest BCUT2D eigenvalue weighted by atomic mass is 10.1. The molecule has 0 aliphatic rings. The Morgan fingerprint density at radius 1 is 1.15 bits per heavy atom. The van der Waals surface area contributed by atoms with Crippen LogP contribution in [0.4, 0.5) is 5.69 Å². The normalized spacial score (nSPS) is 13.1. The molecule has 1 N–H and O–H groups in total. The van der Waals surface area contributed by atoms with Gasteiger partial charge in [-0.2, -0.15) is 0 Å². The lowest BCUT2D eigenvalue weighted by molar-refractivity contribution is 0.473. The van der Waals surface area contributed by atoms with Gasteiger partial charge in [-0.15, -0.1) is 0 Å². The summed E-state index contributed by atoms with van der Waals surface area (Å²) < 4.78 is 29.6. The van der Waals surface area contributed by atoms with Crippen molar-refractivity contribution in [1.82, 2.24) is 0 Å². The van der Waals surface area contributed by atoms with Crippen molar-refractivity contribution < 1.29 is 12.8 Å². The van der Waals surface area contributed by atoms with Gasteiger partial charge in [0.2, 0.25) is 0 Å². The molecule has 5 heteroatoms. The highest BCUT2D eigenvalue weighted by Gasteiger charge is 2.19. The van der Waals surface area contributed by atoms with Gasteiger partial charge in [0, 0.05) is 0 Å². The topological polar surface area (TPSA) is 59.3 Å². The Morgan fingerprint density at radius 2 is 1.90 bits per heavy atom. The van der Waals surface area contributed by atoms with E-state index in [0.29, 0.717) is 10.6 Å². The average molecular weight is 293 g/mol. The number of furan rings is 1. The first-order chi connectivity index (χ1) is 9.58. The van der Waals surface area contributed by atoms with Crippen LogP contribution in [0.3, 0.4) is 0 Å². The second-order valence-electron chi connectivity index (χ2n) is 4.52. The molecular formula is C15H19NO3S. The van der Waals surface area contributed by atoms with Crippen LogP contribution >= 0.6 is 0 Å². The summed E-state index contributed by atoms with van der Waals surface area (Å²) in [5.74, 6) is 0.889. The molecule has 2 aromatic rings. The van der Waals surface area contributed by atoms with Gasteiger partial charge >= 0.3 is 0 Å². The minimum atomic E-state index is -3.24. The number of sulfone groups is 1. The Labute approximate surface area is 119 Å². The molecule has 0 spiro atoms. The van der Waals surface area contributed by atoms with Gasteiger partial charge in [0.15, 0.2) is 9.84 Å². The molecule has 4 nitrogen and oxygen atoms in total. The number of benzene rings is 1. The van der Waals surface area contributed by atoms with Crippen molar-refractivity contribution in [3.63, 3.8) is 0 Å². The molecule has 1 aromatic heterocycles. The molecule has 0 saturated carbocycles. The molecule has 0 radical (unpaired) electrons. The van der Waals surface area contributed by atoms with E-state index in [-0.39, 0.29) is 11.8 Å². The lowest BCUT2D eigenvalue weighted by Crippen LogP contribution is -2.13. The van der Waals surface area contributed by atoms with E-state index in [1.807, 2.05) is 25.1 Å². The summed E-state index contributed by atoms with van der Waals surface area (Å²) in [5.41, 5.74) is 0.623. The maximum absolute atomic E-state index is 12.1. The van der Waals surface area contributed by atoms with Crippen molar-refractivity contribution in [2.75, 3.05) is 11.1 Å². The zero-order valence-electron chi connectivity index (χ0n) is 11.7. The van der Waals surface area contributed by atoms with E-state index < -0.39 is 9.84 Å². The van der Waals surface area contributed by atoms with Gasteiger partial charge in [0.25, 0.3) is 0 Å². The van der Waals surface area contributed by atoms with E-state index in [1.165, 1.54) is 0 Å². The third-order valence-corrected chi connectivity index (χ3v) is 5.01. The Balaban J connectivity index is 2.34. The summed E-state index contributed by atoms with van der Waals surface area (Å²) in [6, 6.07) is 10.7. The molecule has 1 heterocycles. The van der Waals surface area contributed by atoms with E-state index >= 15 is 0 Å². The maximum Gasteiger partial charge on any atom is 0.180 e. The van der Waals surface area contributed by atoms with Gasteiger partial charge < -0.3 is 9.73 Å². The van der Waals surface area contributed by atoms with Crippen molar-refractivity contribution in [3.05, 3.63) is 48.4 Å². The summed E-state index contributed by atoms with van der Waals surface area (Å²) in [4.78, 5) is 0.340. The smallest absolute Gasteiger partial charge is 0.180 e. The fourth-order valence-electron chi connectivity index (χ4n) is 2.06. The fourth-order valence-corrected chi connectivity index (χ4v) is 3.12. The van der Waals surface area contributed by atoms with Gasteiger partial charge in [0.1, 0.15) is 5.76 Å². The van der Waals surface area contributed by atoms with Gasteiger partial charge in [0.05, 0.1) is 28.6 Å². The standard InChI is InChI=1S/C15H19NO3S/c1-3-12(14-9-7-11-19-14)16-13-8-5-6-10-15(13)20(17,18)4-2/h5-12,16H,3-4H2,1-2H3. The Hall–Kier alpha value is -1.75. The Kier molecular flexibility index (Phi) is 4.49. The number of hydrogen-bond donors (Lipinski definition) is 1. The summed E-state index contributed by atoms with van der Waals surface area (Å²) in [6.45, 7) is 3.67. The molecule has 1 atom stereocenters. The van der Waals surface area contributed by atoms with Crippen LogP contribution in [-0.2, 0) is 9.84 Å². The van der Waals surface area contributed by atoms with Crippen LogP contribution in [0.1, 0.15) is 32.1 Å². The summed E-state index contributed by atoms with van der Waals surface area (Å²) in [7, 11) is -3.24. The van der Waals surface area contributed by atoms with Gasteiger partial charge in [-0.1, -0.05) is 26.0 Å². The summed E-state index contributed by atoms with van der Waals surface area (Å²) in [6.07, 6.45) is 2.42. The van der Waals surface area contributed by atoms with Crippen LogP contribution in [0.25, 0.3) is 0 Å². The second kappa shape index (κ2) is 6.13. The highest BCUT2D eigenvalue weighted by Crippen LogP contribution is 2.28. The molecule has 2 rings (SSSR count). The van der Waals surface area contributed by atoms with E-state index in [9.17, 15) is 8.42 Å². The van der Waals surface area contributed by atoms with Crippen LogP contribution in [0.5, 0.6) is 0 Å². The molecule has 0 fully saturated rings. The number of nitrogens with one attached hydrogen (secondary N) is 1. The van der Waals surface area contributed by atoms with Crippen molar-refractivity contribution >= 4 is 15.5 Å². The first-order valence-corrected chi connectivity index (χ1v) is 8.35. The van der Waals surface area contributed by atoms with Crippen LogP contribution < -0.4 is 5.32 Å². The lowest BCUT2D eigenvalue weighted by Gasteiger charge is -2.18. The first-order valence-electron chi connectivity index (χ1n) is 6.70. The second-order valence-corrected chi connectivity index (χ2v) is 6.77. The molecule has 0 aliphatic carbocycles. The van der Waals surface area contributed by atoms with Gasteiger partial charge in [-0.05, 0) is 30.7 Å². The van der Waals surface area contributed by atoms with E-state index in [2.05, 4.69) is 5.32 Å². The highest BCUT2D eigenvalue weighted by atomic mass is 32.2. The van der Waals surface area contributed by atoms with E-state index in [0.717, 1.165) is 12.2 Å². The zero-order valence-corrected chi connectivity index (χ0v) is 12.5. The number of rotatable bonds is 6. The minimum absolute atomic E-state index is 0.0433. The zero-order chi connectivity index (χ0) is 14.6. The third kappa shape index (κ3) is 3.04. The fraction of sp³-hybridized carbons (Fsp3) is 0.333. The van der Waals surface area contributed by atoms with Gasteiger partial charge in [-0.3, -0.25) is 0 Å². The van der Waals surface area contributed by atoms with Crippen molar-refractivity contribution in [2.24, 2.45) is 0 Å². The molecule has 1 unspecified atom stereocenters. The molecule has 108 valence electrons. The summed E-state index contributed by atoms with van der Waals surface area (Å²) in [5, 5.41) is 3.27. The molecule has 1 aromatic carbocycles. The molecular weight excluding hydrogens is 274 g/mol. The number of anilines is 1. The Bertz CT molecular complexity index is 648. The van der Waals surface area contributed by atoms with Crippen LogP contribution in [0.15, 0.2) is 52.0 Å². The monoisotopic (exact) mass is 293 g/mol. The highest BCUT2D eigenvalue weighted by molar-refractivity contribution is 7.91.